The molecule has 0 aliphatic rings. The Bertz CT molecular complexity index is 1670. The van der Waals surface area contributed by atoms with Gasteiger partial charge in [0.25, 0.3) is 0 Å². The monoisotopic (exact) mass is 764 g/mol. The van der Waals surface area contributed by atoms with Crippen molar-refractivity contribution in [2.75, 3.05) is 19.8 Å². The van der Waals surface area contributed by atoms with Gasteiger partial charge in [0.2, 0.25) is 0 Å². The Morgan fingerprint density at radius 3 is 1.90 bits per heavy atom. The van der Waals surface area contributed by atoms with Gasteiger partial charge in [0.1, 0.15) is 11.3 Å². The Hall–Kier alpha value is -3.18. The van der Waals surface area contributed by atoms with Gasteiger partial charge in [-0.3, -0.25) is 0 Å². The second kappa shape index (κ2) is 16.2. The van der Waals surface area contributed by atoms with Crippen LogP contribution in [0.2, 0.25) is 12.6 Å². The van der Waals surface area contributed by atoms with Gasteiger partial charge in [-0.15, -0.1) is 0 Å². The molecule has 2 aromatic carbocycles. The molecule has 286 valence electrons. The summed E-state index contributed by atoms with van der Waals surface area (Å²) in [4.78, 5) is 12.8. The zero-order chi connectivity index (χ0) is 38.5. The number of rotatable bonds is 19. The average molecular weight is 765 g/mol. The molecule has 0 radical (unpaired) electrons. The Kier molecular flexibility index (Phi) is 13.4. The number of unbranched alkanes of at least 4 members (excludes halogenated alkanes) is 2. The molecule has 0 spiro atoms. The third-order valence-corrected chi connectivity index (χ3v) is 11.2. The lowest BCUT2D eigenvalue weighted by molar-refractivity contribution is -0.367. The summed E-state index contributed by atoms with van der Waals surface area (Å²) in [5, 5.41) is 0.0728. The molecule has 5 nitrogen and oxygen atoms in total. The molecule has 3 rings (SSSR count). The van der Waals surface area contributed by atoms with Crippen LogP contribution in [0.3, 0.4) is 0 Å². The van der Waals surface area contributed by atoms with Gasteiger partial charge >= 0.3 is 44.1 Å². The fraction of sp³-hybridized carbons (Fsp3) is 0.559. The number of benzene rings is 2. The van der Waals surface area contributed by atoms with Crippen LogP contribution in [-0.4, -0.2) is 52.1 Å². The first kappa shape index (κ1) is 42.2. The van der Waals surface area contributed by atoms with Crippen LogP contribution < -0.4 is 10.4 Å². The lowest BCUT2D eigenvalue weighted by atomic mass is 9.95. The first-order chi connectivity index (χ1) is 23.6. The number of fused-ring (bicyclic) bond motifs is 1. The van der Waals surface area contributed by atoms with Crippen molar-refractivity contribution in [3.63, 3.8) is 0 Å². The Morgan fingerprint density at radius 2 is 1.33 bits per heavy atom. The Morgan fingerprint density at radius 1 is 0.725 bits per heavy atom. The SMILES string of the molecule is CCCCCc1ccc(-c2cc3ccc(OCCC(F)(F)C(F)(F)C(F)(F)C(F)(F)CC[Si](C)(OCC)OCC)cc3oc2=O)c(C(F)(F)F)c1. The highest BCUT2D eigenvalue weighted by molar-refractivity contribution is 6.66. The zero-order valence-electron chi connectivity index (χ0n) is 28.3. The van der Waals surface area contributed by atoms with Crippen molar-refractivity contribution in [1.29, 1.82) is 0 Å². The lowest BCUT2D eigenvalue weighted by Crippen LogP contribution is -2.62. The van der Waals surface area contributed by atoms with Crippen molar-refractivity contribution < 1.29 is 66.3 Å². The number of hydrogen-bond donors (Lipinski definition) is 0. The first-order valence-electron chi connectivity index (χ1n) is 16.3. The molecule has 17 heteroatoms. The van der Waals surface area contributed by atoms with Crippen LogP contribution in [0.15, 0.2) is 51.7 Å². The summed E-state index contributed by atoms with van der Waals surface area (Å²) >= 11 is 0. The standard InChI is InChI=1S/C34H39F11O5Si/c1-5-8-9-10-22-11-14-25(27(19-22)32(39,40)41)26-20-23-12-13-24(21-28(23)50-29(26)46)47-17-15-30(35,36)33(42,43)34(44,45)31(37,38)16-18-51(4,48-6-2)49-7-3/h11-14,19-21H,5-10,15-18H2,1-4H3. The van der Waals surface area contributed by atoms with Crippen LogP contribution in [0.25, 0.3) is 22.1 Å². The maximum Gasteiger partial charge on any atom is 0.417 e. The molecular weight excluding hydrogens is 725 g/mol. The van der Waals surface area contributed by atoms with E-state index in [0.29, 0.717) is 18.4 Å². The van der Waals surface area contributed by atoms with E-state index in [1.165, 1.54) is 32.5 Å². The van der Waals surface area contributed by atoms with Crippen molar-refractivity contribution in [2.45, 2.75) is 102 Å². The molecule has 0 amide bonds. The first-order valence-corrected chi connectivity index (χ1v) is 18.8. The molecule has 1 aromatic heterocycles. The van der Waals surface area contributed by atoms with Crippen LogP contribution in [0.4, 0.5) is 48.3 Å². The van der Waals surface area contributed by atoms with Crippen molar-refractivity contribution in [3.8, 4) is 16.9 Å². The van der Waals surface area contributed by atoms with Gasteiger partial charge < -0.3 is 18.0 Å². The van der Waals surface area contributed by atoms with E-state index in [1.807, 2.05) is 6.92 Å². The Labute approximate surface area is 288 Å². The number of hydrogen-bond acceptors (Lipinski definition) is 5. The van der Waals surface area contributed by atoms with E-state index in [-0.39, 0.29) is 29.9 Å². The summed E-state index contributed by atoms with van der Waals surface area (Å²) in [5.74, 6) is -24.6. The molecule has 0 saturated carbocycles. The summed E-state index contributed by atoms with van der Waals surface area (Å²) in [6, 6.07) is 7.02. The highest BCUT2D eigenvalue weighted by atomic mass is 28.4. The average Bonchev–Trinajstić information content (AvgIpc) is 3.03. The fourth-order valence-corrected chi connectivity index (χ4v) is 7.78. The molecule has 0 bridgehead atoms. The van der Waals surface area contributed by atoms with Gasteiger partial charge in [-0.2, -0.15) is 48.3 Å². The van der Waals surface area contributed by atoms with Gasteiger partial charge in [0.05, 0.1) is 24.2 Å². The molecule has 0 fully saturated rings. The number of alkyl halides is 11. The smallest absolute Gasteiger partial charge is 0.417 e. The second-order valence-electron chi connectivity index (χ2n) is 12.1. The minimum Gasteiger partial charge on any atom is -0.493 e. The van der Waals surface area contributed by atoms with E-state index < -0.39 is 86.2 Å². The van der Waals surface area contributed by atoms with Gasteiger partial charge in [-0.25, -0.2) is 4.79 Å². The molecule has 3 aromatic rings. The molecule has 1 heterocycles. The third-order valence-electron chi connectivity index (χ3n) is 8.25. The van der Waals surface area contributed by atoms with E-state index in [2.05, 4.69) is 0 Å². The fourth-order valence-electron chi connectivity index (χ4n) is 5.42. The van der Waals surface area contributed by atoms with Crippen LogP contribution in [-0.2, 0) is 21.4 Å². The van der Waals surface area contributed by atoms with Gasteiger partial charge in [0.15, 0.2) is 0 Å². The molecule has 0 aliphatic carbocycles. The largest absolute Gasteiger partial charge is 0.493 e. The zero-order valence-corrected chi connectivity index (χ0v) is 29.3. The summed E-state index contributed by atoms with van der Waals surface area (Å²) < 4.78 is 179. The quantitative estimate of drug-likeness (QED) is 0.0527. The molecule has 0 atom stereocenters. The second-order valence-corrected chi connectivity index (χ2v) is 15.5. The number of aryl methyl sites for hydroxylation is 1. The van der Waals surface area contributed by atoms with Crippen molar-refractivity contribution >= 4 is 19.5 Å². The summed E-state index contributed by atoms with van der Waals surface area (Å²) in [6.07, 6.45) is -6.09. The maximum atomic E-state index is 14.6. The highest BCUT2D eigenvalue weighted by Crippen LogP contribution is 2.55. The molecule has 0 saturated heterocycles. The van der Waals surface area contributed by atoms with Crippen LogP contribution in [0.1, 0.15) is 64.0 Å². The topological polar surface area (TPSA) is 57.9 Å². The van der Waals surface area contributed by atoms with Crippen LogP contribution in [0.5, 0.6) is 5.75 Å². The van der Waals surface area contributed by atoms with Crippen molar-refractivity contribution in [3.05, 3.63) is 64.0 Å². The number of ether oxygens (including phenoxy) is 1. The predicted octanol–water partition coefficient (Wildman–Crippen LogP) is 11.1. The summed E-state index contributed by atoms with van der Waals surface area (Å²) in [6.45, 7) is 4.71. The third kappa shape index (κ3) is 9.63. The molecule has 0 aliphatic heterocycles. The minimum atomic E-state index is -6.52. The van der Waals surface area contributed by atoms with E-state index in [4.69, 9.17) is 18.0 Å². The van der Waals surface area contributed by atoms with E-state index >= 15 is 0 Å². The van der Waals surface area contributed by atoms with Crippen LogP contribution >= 0.6 is 0 Å². The van der Waals surface area contributed by atoms with Crippen molar-refractivity contribution in [1.82, 2.24) is 0 Å². The van der Waals surface area contributed by atoms with E-state index in [0.717, 1.165) is 43.2 Å². The van der Waals surface area contributed by atoms with E-state index in [1.54, 1.807) is 0 Å². The molecule has 0 unspecified atom stereocenters. The summed E-state index contributed by atoms with van der Waals surface area (Å²) in [5.41, 5.74) is -2.97. The highest BCUT2D eigenvalue weighted by Gasteiger charge is 2.79. The molecular formula is C34H39F11O5Si. The number of halogens is 11. The van der Waals surface area contributed by atoms with Crippen molar-refractivity contribution in [2.24, 2.45) is 0 Å². The normalized spacial score (nSPS) is 13.6. The van der Waals surface area contributed by atoms with Gasteiger partial charge in [-0.1, -0.05) is 31.9 Å². The Balaban J connectivity index is 1.78. The van der Waals surface area contributed by atoms with E-state index in [9.17, 15) is 53.1 Å². The minimum absolute atomic E-state index is 0.0419. The van der Waals surface area contributed by atoms with Crippen LogP contribution in [0, 0.1) is 0 Å². The summed E-state index contributed by atoms with van der Waals surface area (Å²) in [7, 11) is -3.50. The molecule has 0 N–H and O–H groups in total. The van der Waals surface area contributed by atoms with Gasteiger partial charge in [-0.05, 0) is 69.1 Å². The predicted molar refractivity (Wildman–Crippen MR) is 170 cm³/mol. The molecule has 51 heavy (non-hydrogen) atoms. The maximum absolute atomic E-state index is 14.6. The lowest BCUT2D eigenvalue weighted by Gasteiger charge is -2.37. The van der Waals surface area contributed by atoms with Gasteiger partial charge in [0, 0.05) is 36.7 Å².